The van der Waals surface area contributed by atoms with Crippen LogP contribution in [-0.4, -0.2) is 65.8 Å². The lowest BCUT2D eigenvalue weighted by Crippen LogP contribution is -2.39. The first kappa shape index (κ1) is 21.4. The van der Waals surface area contributed by atoms with Crippen LogP contribution in [0.3, 0.4) is 0 Å². The zero-order valence-electron chi connectivity index (χ0n) is 14.0. The third kappa shape index (κ3) is 5.70. The summed E-state index contributed by atoms with van der Waals surface area (Å²) in [5.74, 6) is 1.46. The quantitative estimate of drug-likeness (QED) is 0.713. The Morgan fingerprint density at radius 1 is 1.25 bits per heavy atom. The molecule has 0 spiro atoms. The average Bonchev–Trinajstić information content (AvgIpc) is 2.81. The van der Waals surface area contributed by atoms with Crippen LogP contribution >= 0.6 is 24.8 Å². The molecule has 1 unspecified atom stereocenters. The van der Waals surface area contributed by atoms with Crippen LogP contribution in [0, 0.1) is 5.92 Å². The minimum atomic E-state index is 0. The van der Waals surface area contributed by atoms with E-state index < -0.39 is 0 Å². The summed E-state index contributed by atoms with van der Waals surface area (Å²) in [4.78, 5) is 11.3. The molecule has 0 aromatic carbocycles. The number of piperidine rings is 1. The van der Waals surface area contributed by atoms with E-state index in [4.69, 9.17) is 0 Å². The number of aliphatic hydroxyl groups excluding tert-OH is 1. The molecule has 24 heavy (non-hydrogen) atoms. The largest absolute Gasteiger partial charge is 0.396 e. The number of anilines is 1. The van der Waals surface area contributed by atoms with Crippen molar-refractivity contribution >= 4 is 30.6 Å². The number of hydrogen-bond acceptors (Lipinski definition) is 6. The van der Waals surface area contributed by atoms with Gasteiger partial charge in [0.05, 0.1) is 5.69 Å². The Hall–Kier alpha value is -0.660. The number of halogens is 2. The molecule has 2 aliphatic heterocycles. The van der Waals surface area contributed by atoms with Crippen LogP contribution in [0.4, 0.5) is 5.82 Å². The molecule has 3 heterocycles. The number of likely N-dealkylation sites (tertiary alicyclic amines) is 1. The van der Waals surface area contributed by atoms with E-state index in [0.29, 0.717) is 12.5 Å². The first-order valence-electron chi connectivity index (χ1n) is 8.47. The molecule has 8 heteroatoms. The van der Waals surface area contributed by atoms with Crippen molar-refractivity contribution in [1.82, 2.24) is 20.2 Å². The molecule has 138 valence electrons. The van der Waals surface area contributed by atoms with Crippen molar-refractivity contribution in [1.29, 1.82) is 0 Å². The maximum absolute atomic E-state index is 9.31. The van der Waals surface area contributed by atoms with E-state index >= 15 is 0 Å². The van der Waals surface area contributed by atoms with E-state index in [9.17, 15) is 5.11 Å². The van der Waals surface area contributed by atoms with Gasteiger partial charge in [0.2, 0.25) is 0 Å². The van der Waals surface area contributed by atoms with Gasteiger partial charge < -0.3 is 20.6 Å². The van der Waals surface area contributed by atoms with Crippen molar-refractivity contribution < 1.29 is 5.11 Å². The van der Waals surface area contributed by atoms with Crippen molar-refractivity contribution in [2.45, 2.75) is 25.7 Å². The monoisotopic (exact) mass is 377 g/mol. The van der Waals surface area contributed by atoms with Gasteiger partial charge in [0.25, 0.3) is 0 Å². The van der Waals surface area contributed by atoms with Crippen LogP contribution < -0.4 is 10.6 Å². The summed E-state index contributed by atoms with van der Waals surface area (Å²) in [6.45, 7) is 6.38. The summed E-state index contributed by atoms with van der Waals surface area (Å²) in [5.41, 5.74) is 2.46. The second-order valence-electron chi connectivity index (χ2n) is 6.32. The smallest absolute Gasteiger partial charge is 0.132 e. The molecule has 0 aliphatic carbocycles. The second kappa shape index (κ2) is 11.1. The number of fused-ring (bicyclic) bond motifs is 1. The first-order chi connectivity index (χ1) is 10.9. The minimum absolute atomic E-state index is 0. The van der Waals surface area contributed by atoms with Gasteiger partial charge in [0.15, 0.2) is 0 Å². The van der Waals surface area contributed by atoms with E-state index in [-0.39, 0.29) is 24.8 Å². The zero-order chi connectivity index (χ0) is 15.2. The lowest BCUT2D eigenvalue weighted by atomic mass is 9.99. The molecule has 3 rings (SSSR count). The Bertz CT molecular complexity index is 492. The van der Waals surface area contributed by atoms with Crippen LogP contribution in [0.1, 0.15) is 24.1 Å². The van der Waals surface area contributed by atoms with Gasteiger partial charge in [-0.1, -0.05) is 0 Å². The van der Waals surface area contributed by atoms with Crippen LogP contribution in [0.5, 0.6) is 0 Å². The van der Waals surface area contributed by atoms with E-state index in [0.717, 1.165) is 64.3 Å². The molecule has 0 amide bonds. The van der Waals surface area contributed by atoms with Crippen LogP contribution in [0.25, 0.3) is 0 Å². The van der Waals surface area contributed by atoms with Gasteiger partial charge in [0.1, 0.15) is 12.1 Å². The Balaban J connectivity index is 0.00000144. The average molecular weight is 378 g/mol. The molecule has 0 radical (unpaired) electrons. The number of aromatic nitrogens is 2. The van der Waals surface area contributed by atoms with Crippen LogP contribution in [-0.2, 0) is 12.8 Å². The highest BCUT2D eigenvalue weighted by Crippen LogP contribution is 2.18. The SMILES string of the molecule is Cl.Cl.OCC1CCCN(CCNc2ncnc3c2CCNCC3)C1. The van der Waals surface area contributed by atoms with E-state index in [1.807, 2.05) is 0 Å². The van der Waals surface area contributed by atoms with Gasteiger partial charge in [-0.2, -0.15) is 0 Å². The highest BCUT2D eigenvalue weighted by molar-refractivity contribution is 5.85. The predicted octanol–water partition coefficient (Wildman–Crippen LogP) is 1.12. The van der Waals surface area contributed by atoms with Crippen LogP contribution in [0.2, 0.25) is 0 Å². The van der Waals surface area contributed by atoms with E-state index in [1.54, 1.807) is 6.33 Å². The molecule has 1 fully saturated rings. The number of hydrogen-bond donors (Lipinski definition) is 3. The lowest BCUT2D eigenvalue weighted by Gasteiger charge is -2.31. The zero-order valence-corrected chi connectivity index (χ0v) is 15.7. The summed E-state index contributed by atoms with van der Waals surface area (Å²) in [6.07, 6.45) is 6.01. The molecule has 1 saturated heterocycles. The lowest BCUT2D eigenvalue weighted by molar-refractivity contribution is 0.123. The van der Waals surface area contributed by atoms with Crippen LogP contribution in [0.15, 0.2) is 6.33 Å². The summed E-state index contributed by atoms with van der Waals surface area (Å²) in [5, 5.41) is 16.2. The number of nitrogens with one attached hydrogen (secondary N) is 2. The van der Waals surface area contributed by atoms with Gasteiger partial charge >= 0.3 is 0 Å². The fourth-order valence-electron chi connectivity index (χ4n) is 3.46. The van der Waals surface area contributed by atoms with Gasteiger partial charge in [-0.05, 0) is 38.3 Å². The normalized spacial score (nSPS) is 21.0. The predicted molar refractivity (Wildman–Crippen MR) is 102 cm³/mol. The highest BCUT2D eigenvalue weighted by atomic mass is 35.5. The molecule has 2 aliphatic rings. The van der Waals surface area contributed by atoms with Crippen molar-refractivity contribution in [3.63, 3.8) is 0 Å². The van der Waals surface area contributed by atoms with Gasteiger partial charge in [-0.3, -0.25) is 0 Å². The van der Waals surface area contributed by atoms with Gasteiger partial charge in [-0.15, -0.1) is 24.8 Å². The van der Waals surface area contributed by atoms with Gasteiger partial charge in [0, 0.05) is 44.8 Å². The minimum Gasteiger partial charge on any atom is -0.396 e. The topological polar surface area (TPSA) is 73.3 Å². The Morgan fingerprint density at radius 3 is 2.92 bits per heavy atom. The highest BCUT2D eigenvalue weighted by Gasteiger charge is 2.19. The molecule has 1 aromatic rings. The van der Waals surface area contributed by atoms with E-state index in [1.165, 1.54) is 17.7 Å². The Kier molecular flexibility index (Phi) is 9.85. The summed E-state index contributed by atoms with van der Waals surface area (Å²) in [7, 11) is 0. The van der Waals surface area contributed by atoms with Crippen molar-refractivity contribution in [2.75, 3.05) is 51.2 Å². The van der Waals surface area contributed by atoms with Crippen molar-refractivity contribution in [3.8, 4) is 0 Å². The fourth-order valence-corrected chi connectivity index (χ4v) is 3.46. The summed E-state index contributed by atoms with van der Waals surface area (Å²) in [6, 6.07) is 0. The maximum Gasteiger partial charge on any atom is 0.132 e. The van der Waals surface area contributed by atoms with Crippen molar-refractivity contribution in [3.05, 3.63) is 17.6 Å². The fraction of sp³-hybridized carbons (Fsp3) is 0.750. The molecule has 6 nitrogen and oxygen atoms in total. The Labute approximate surface area is 156 Å². The van der Waals surface area contributed by atoms with Crippen molar-refractivity contribution in [2.24, 2.45) is 5.92 Å². The molecule has 3 N–H and O–H groups in total. The number of aliphatic hydroxyl groups is 1. The first-order valence-corrected chi connectivity index (χ1v) is 8.47. The molecular weight excluding hydrogens is 349 g/mol. The van der Waals surface area contributed by atoms with E-state index in [2.05, 4.69) is 25.5 Å². The molecular formula is C16H29Cl2N5O. The second-order valence-corrected chi connectivity index (χ2v) is 6.32. The summed E-state index contributed by atoms with van der Waals surface area (Å²) >= 11 is 0. The summed E-state index contributed by atoms with van der Waals surface area (Å²) < 4.78 is 0. The van der Waals surface area contributed by atoms with Gasteiger partial charge in [-0.25, -0.2) is 9.97 Å². The third-order valence-corrected chi connectivity index (χ3v) is 4.71. The molecule has 0 saturated carbocycles. The molecule has 1 atom stereocenters. The molecule has 0 bridgehead atoms. The number of nitrogens with zero attached hydrogens (tertiary/aromatic N) is 3. The molecule has 1 aromatic heterocycles. The maximum atomic E-state index is 9.31. The third-order valence-electron chi connectivity index (χ3n) is 4.71. The number of rotatable bonds is 5. The standard InChI is InChI=1S/C16H27N5O.2ClH/c22-11-13-2-1-8-21(10-13)9-7-18-16-14-3-5-17-6-4-15(14)19-12-20-16;;/h12-13,17,22H,1-11H2,(H,18,19,20);2*1H. The Morgan fingerprint density at radius 2 is 2.08 bits per heavy atom.